The first-order valence-corrected chi connectivity index (χ1v) is 10.9. The summed E-state index contributed by atoms with van der Waals surface area (Å²) < 4.78 is 33.3. The molecule has 0 unspecified atom stereocenters. The highest BCUT2D eigenvalue weighted by Gasteiger charge is 2.19. The molecule has 0 fully saturated rings. The molecule has 0 amide bonds. The van der Waals surface area contributed by atoms with Crippen molar-refractivity contribution in [2.45, 2.75) is 50.0 Å². The molecule has 0 saturated heterocycles. The van der Waals surface area contributed by atoms with Crippen LogP contribution in [0.25, 0.3) is 0 Å². The second-order valence-electron chi connectivity index (χ2n) is 6.63. The fourth-order valence-electron chi connectivity index (χ4n) is 2.82. The number of nitrogen functional groups attached to an aromatic ring is 1. The maximum Gasteiger partial charge on any atom is 0.350 e. The van der Waals surface area contributed by atoms with Crippen molar-refractivity contribution in [1.82, 2.24) is 14.5 Å². The van der Waals surface area contributed by atoms with Gasteiger partial charge < -0.3 is 10.5 Å². The predicted molar refractivity (Wildman–Crippen MR) is 109 cm³/mol. The van der Waals surface area contributed by atoms with Gasteiger partial charge in [0.05, 0.1) is 16.9 Å². The van der Waals surface area contributed by atoms with Crippen LogP contribution in [0.15, 0.2) is 35.4 Å². The maximum atomic E-state index is 12.1. The number of benzene rings is 1. The highest BCUT2D eigenvalue weighted by molar-refractivity contribution is 7.89. The summed E-state index contributed by atoms with van der Waals surface area (Å²) in [5, 5.41) is 14.9. The van der Waals surface area contributed by atoms with E-state index in [2.05, 4.69) is 9.82 Å². The first kappa shape index (κ1) is 22.6. The number of anilines is 1. The Labute approximate surface area is 170 Å². The summed E-state index contributed by atoms with van der Waals surface area (Å²) in [6.45, 7) is 0.981. The molecule has 0 atom stereocenters. The van der Waals surface area contributed by atoms with E-state index in [0.29, 0.717) is 18.8 Å². The van der Waals surface area contributed by atoms with Gasteiger partial charge in [0, 0.05) is 18.8 Å². The Morgan fingerprint density at radius 3 is 2.34 bits per heavy atom. The number of nitrogens with zero attached hydrogens (tertiary/aromatic N) is 3. The van der Waals surface area contributed by atoms with Crippen molar-refractivity contribution in [1.29, 1.82) is 0 Å². The van der Waals surface area contributed by atoms with Gasteiger partial charge in [-0.05, 0) is 37.1 Å². The Balaban J connectivity index is 1.57. The van der Waals surface area contributed by atoms with Crippen LogP contribution in [0.2, 0.25) is 0 Å². The third kappa shape index (κ3) is 7.02. The van der Waals surface area contributed by atoms with Crippen molar-refractivity contribution < 1.29 is 18.1 Å². The van der Waals surface area contributed by atoms with E-state index in [-0.39, 0.29) is 16.5 Å². The molecule has 10 nitrogen and oxygen atoms in total. The largest absolute Gasteiger partial charge is 0.475 e. The molecule has 0 aliphatic rings. The Bertz CT molecular complexity index is 896. The van der Waals surface area contributed by atoms with Crippen LogP contribution in [0, 0.1) is 10.1 Å². The first-order chi connectivity index (χ1) is 13.8. The monoisotopic (exact) mass is 425 g/mol. The van der Waals surface area contributed by atoms with Crippen molar-refractivity contribution in [3.05, 3.63) is 40.6 Å². The van der Waals surface area contributed by atoms with E-state index in [4.69, 9.17) is 10.5 Å². The Kier molecular flexibility index (Phi) is 8.40. The van der Waals surface area contributed by atoms with E-state index < -0.39 is 14.9 Å². The number of hydrogen-bond acceptors (Lipinski definition) is 7. The quantitative estimate of drug-likeness (QED) is 0.217. The van der Waals surface area contributed by atoms with E-state index in [1.807, 2.05) is 0 Å². The van der Waals surface area contributed by atoms with Crippen molar-refractivity contribution in [3.63, 3.8) is 0 Å². The van der Waals surface area contributed by atoms with Crippen LogP contribution in [-0.2, 0) is 16.6 Å². The SMILES string of the molecule is COc1nn(CCCCCCCCNS(=O)(=O)c2ccc(N)cc2)cc1[N+](=O)[O-]. The molecule has 0 aliphatic heterocycles. The Hall–Kier alpha value is -2.66. The van der Waals surface area contributed by atoms with Crippen LogP contribution in [0.1, 0.15) is 38.5 Å². The molecule has 0 radical (unpaired) electrons. The standard InChI is InChI=1S/C18H27N5O5S/c1-28-18-17(23(24)25)14-22(21-18)13-7-5-3-2-4-6-12-20-29(26,27)16-10-8-15(19)9-11-16/h8-11,14,20H,2-7,12-13,19H2,1H3. The molecule has 2 rings (SSSR count). The number of nitro groups is 1. The zero-order valence-corrected chi connectivity index (χ0v) is 17.2. The number of ether oxygens (including phenoxy) is 1. The predicted octanol–water partition coefficient (Wildman–Crippen LogP) is 2.70. The Morgan fingerprint density at radius 1 is 1.14 bits per heavy atom. The minimum atomic E-state index is -3.49. The molecular weight excluding hydrogens is 398 g/mol. The summed E-state index contributed by atoms with van der Waals surface area (Å²) in [6, 6.07) is 6.10. The first-order valence-electron chi connectivity index (χ1n) is 9.44. The summed E-state index contributed by atoms with van der Waals surface area (Å²) in [6.07, 6.45) is 6.88. The van der Waals surface area contributed by atoms with Crippen LogP contribution < -0.4 is 15.2 Å². The lowest BCUT2D eigenvalue weighted by Gasteiger charge is -2.07. The second kappa shape index (κ2) is 10.8. The summed E-state index contributed by atoms with van der Waals surface area (Å²) in [5.74, 6) is 0.0245. The van der Waals surface area contributed by atoms with Gasteiger partial charge in [-0.15, -0.1) is 5.10 Å². The second-order valence-corrected chi connectivity index (χ2v) is 8.40. The van der Waals surface area contributed by atoms with E-state index in [1.165, 1.54) is 30.1 Å². The van der Waals surface area contributed by atoms with Gasteiger partial charge in [-0.3, -0.25) is 14.8 Å². The number of nitrogens with one attached hydrogen (secondary N) is 1. The van der Waals surface area contributed by atoms with Crippen molar-refractivity contribution >= 4 is 21.4 Å². The molecule has 11 heteroatoms. The molecule has 0 bridgehead atoms. The van der Waals surface area contributed by atoms with Crippen molar-refractivity contribution in [3.8, 4) is 5.88 Å². The Morgan fingerprint density at radius 2 is 1.76 bits per heavy atom. The van der Waals surface area contributed by atoms with Gasteiger partial charge in [0.15, 0.2) is 0 Å². The number of rotatable bonds is 13. The molecule has 3 N–H and O–H groups in total. The summed E-state index contributed by atoms with van der Waals surface area (Å²) >= 11 is 0. The number of sulfonamides is 1. The molecule has 29 heavy (non-hydrogen) atoms. The third-order valence-corrected chi connectivity index (χ3v) is 5.87. The van der Waals surface area contributed by atoms with Gasteiger partial charge in [0.1, 0.15) is 6.20 Å². The van der Waals surface area contributed by atoms with E-state index >= 15 is 0 Å². The highest BCUT2D eigenvalue weighted by Crippen LogP contribution is 2.24. The molecule has 1 aromatic heterocycles. The van der Waals surface area contributed by atoms with Gasteiger partial charge in [0.25, 0.3) is 0 Å². The normalized spacial score (nSPS) is 11.5. The molecule has 1 aromatic carbocycles. The minimum Gasteiger partial charge on any atom is -0.475 e. The molecule has 0 spiro atoms. The lowest BCUT2D eigenvalue weighted by molar-refractivity contribution is -0.385. The van der Waals surface area contributed by atoms with Crippen LogP contribution in [-0.4, -0.2) is 36.8 Å². The molecule has 0 aliphatic carbocycles. The summed E-state index contributed by atoms with van der Waals surface area (Å²) in [5.41, 5.74) is 5.96. The van der Waals surface area contributed by atoms with Crippen LogP contribution in [0.3, 0.4) is 0 Å². The molecular formula is C18H27N5O5S. The third-order valence-electron chi connectivity index (χ3n) is 4.40. The van der Waals surface area contributed by atoms with E-state index in [1.54, 1.807) is 12.1 Å². The zero-order valence-electron chi connectivity index (χ0n) is 16.4. The number of methoxy groups -OCH3 is 1. The number of aryl methyl sites for hydroxylation is 1. The number of hydrogen-bond donors (Lipinski definition) is 2. The molecule has 160 valence electrons. The zero-order chi connectivity index (χ0) is 21.3. The van der Waals surface area contributed by atoms with Gasteiger partial charge in [-0.2, -0.15) is 0 Å². The lowest BCUT2D eigenvalue weighted by atomic mass is 10.1. The number of nitrogens with two attached hydrogens (primary N) is 1. The van der Waals surface area contributed by atoms with E-state index in [0.717, 1.165) is 38.5 Å². The minimum absolute atomic E-state index is 0.0245. The van der Waals surface area contributed by atoms with E-state index in [9.17, 15) is 18.5 Å². The van der Waals surface area contributed by atoms with Gasteiger partial charge in [0.2, 0.25) is 10.0 Å². The number of aromatic nitrogens is 2. The fraction of sp³-hybridized carbons (Fsp3) is 0.500. The topological polar surface area (TPSA) is 142 Å². The van der Waals surface area contributed by atoms with Crippen LogP contribution in [0.4, 0.5) is 11.4 Å². The smallest absolute Gasteiger partial charge is 0.350 e. The lowest BCUT2D eigenvalue weighted by Crippen LogP contribution is -2.24. The number of unbranched alkanes of at least 4 members (excludes halogenated alkanes) is 5. The van der Waals surface area contributed by atoms with Crippen LogP contribution >= 0.6 is 0 Å². The molecule has 0 saturated carbocycles. The van der Waals surface area contributed by atoms with Crippen molar-refractivity contribution in [2.75, 3.05) is 19.4 Å². The maximum absolute atomic E-state index is 12.1. The fourth-order valence-corrected chi connectivity index (χ4v) is 3.90. The van der Waals surface area contributed by atoms with Gasteiger partial charge in [-0.25, -0.2) is 13.1 Å². The van der Waals surface area contributed by atoms with Crippen molar-refractivity contribution in [2.24, 2.45) is 0 Å². The van der Waals surface area contributed by atoms with Gasteiger partial charge in [-0.1, -0.05) is 25.7 Å². The van der Waals surface area contributed by atoms with Crippen LogP contribution in [0.5, 0.6) is 5.88 Å². The summed E-state index contributed by atoms with van der Waals surface area (Å²) in [4.78, 5) is 10.6. The average molecular weight is 426 g/mol. The molecule has 1 heterocycles. The van der Waals surface area contributed by atoms with Gasteiger partial charge >= 0.3 is 11.6 Å². The summed E-state index contributed by atoms with van der Waals surface area (Å²) in [7, 11) is -2.14. The molecule has 2 aromatic rings. The highest BCUT2D eigenvalue weighted by atomic mass is 32.2. The average Bonchev–Trinajstić information content (AvgIpc) is 3.10.